The van der Waals surface area contributed by atoms with Gasteiger partial charge in [-0.3, -0.25) is 9.48 Å². The van der Waals surface area contributed by atoms with Crippen molar-refractivity contribution >= 4 is 27.5 Å². The lowest BCUT2D eigenvalue weighted by molar-refractivity contribution is 0.0955. The normalized spacial score (nSPS) is 13.5. The zero-order chi connectivity index (χ0) is 16.0. The first-order valence-corrected chi connectivity index (χ1v) is 8.46. The van der Waals surface area contributed by atoms with Crippen LogP contribution in [-0.2, 0) is 26.7 Å². The molecule has 0 atom stereocenters. The number of rotatable bonds is 3. The molecule has 3 heterocycles. The van der Waals surface area contributed by atoms with E-state index in [9.17, 15) is 4.79 Å². The van der Waals surface area contributed by atoms with Crippen molar-refractivity contribution in [3.05, 3.63) is 51.5 Å². The highest BCUT2D eigenvalue weighted by Gasteiger charge is 2.15. The van der Waals surface area contributed by atoms with E-state index in [4.69, 9.17) is 0 Å². The van der Waals surface area contributed by atoms with Crippen molar-refractivity contribution in [2.75, 3.05) is 0 Å². The van der Waals surface area contributed by atoms with Gasteiger partial charge in [0.2, 0.25) is 0 Å². The molecule has 0 radical (unpaired) electrons. The number of benzene rings is 1. The zero-order valence-electron chi connectivity index (χ0n) is 13.1. The molecule has 3 aromatic rings. The molecule has 2 aromatic heterocycles. The average Bonchev–Trinajstić information content (AvgIpc) is 3.23. The minimum atomic E-state index is -0.0239. The Morgan fingerprint density at radius 3 is 3.00 bits per heavy atom. The molecule has 0 fully saturated rings. The number of hydrogen-bond donors (Lipinski definition) is 2. The Morgan fingerprint density at radius 1 is 1.35 bits per heavy atom. The Labute approximate surface area is 138 Å². The van der Waals surface area contributed by atoms with Crippen molar-refractivity contribution in [2.45, 2.75) is 26.6 Å². The molecule has 0 aliphatic carbocycles. The van der Waals surface area contributed by atoms with E-state index in [2.05, 4.69) is 33.9 Å². The Bertz CT molecular complexity index is 874. The first-order chi connectivity index (χ1) is 11.1. The van der Waals surface area contributed by atoms with Crippen LogP contribution in [0.25, 0.3) is 10.2 Å². The van der Waals surface area contributed by atoms with E-state index < -0.39 is 0 Å². The summed E-state index contributed by atoms with van der Waals surface area (Å²) < 4.78 is 1.83. The molecule has 6 heteroatoms. The number of hydrogen-bond acceptors (Lipinski definition) is 4. The van der Waals surface area contributed by atoms with Crippen LogP contribution in [0.4, 0.5) is 0 Å². The van der Waals surface area contributed by atoms with Gasteiger partial charge in [0, 0.05) is 32.1 Å². The minimum absolute atomic E-state index is 0.0239. The molecular formula is C17H18N4OS. The number of nitrogens with zero attached hydrogens (tertiary/aromatic N) is 2. The third kappa shape index (κ3) is 2.54. The molecule has 1 amide bonds. The molecule has 1 aromatic carbocycles. The Hall–Kier alpha value is -2.18. The summed E-state index contributed by atoms with van der Waals surface area (Å²) in [6, 6.07) is 8.34. The lowest BCUT2D eigenvalue weighted by Crippen LogP contribution is -2.21. The predicted molar refractivity (Wildman–Crippen MR) is 91.5 cm³/mol. The summed E-state index contributed by atoms with van der Waals surface area (Å²) in [6.45, 7) is 4.38. The van der Waals surface area contributed by atoms with Crippen LogP contribution in [0, 0.1) is 6.92 Å². The first-order valence-electron chi connectivity index (χ1n) is 7.64. The number of nitrogens with one attached hydrogen (secondary N) is 2. The van der Waals surface area contributed by atoms with Gasteiger partial charge in [0.1, 0.15) is 4.83 Å². The summed E-state index contributed by atoms with van der Waals surface area (Å²) in [5.74, 6) is -0.0239. The SMILES string of the molecule is Cc1nn(C)c2sc(C(=O)NCc3ccc4c(c3)CNC4)cc12. The third-order valence-corrected chi connectivity index (χ3v) is 5.48. The molecule has 1 aliphatic heterocycles. The monoisotopic (exact) mass is 326 g/mol. The molecule has 0 bridgehead atoms. The standard InChI is InChI=1S/C17H18N4OS/c1-10-14-6-15(23-17(14)21(2)20-10)16(22)19-7-11-3-4-12-8-18-9-13(12)5-11/h3-6,18H,7-9H2,1-2H3,(H,19,22). The quantitative estimate of drug-likeness (QED) is 0.777. The van der Waals surface area contributed by atoms with Gasteiger partial charge in [0.25, 0.3) is 5.91 Å². The maximum Gasteiger partial charge on any atom is 0.261 e. The van der Waals surface area contributed by atoms with Gasteiger partial charge in [0.15, 0.2) is 0 Å². The number of aromatic nitrogens is 2. The zero-order valence-corrected chi connectivity index (χ0v) is 14.0. The Kier molecular flexibility index (Phi) is 3.43. The lowest BCUT2D eigenvalue weighted by atomic mass is 10.1. The molecular weight excluding hydrogens is 308 g/mol. The van der Waals surface area contributed by atoms with Crippen molar-refractivity contribution in [3.8, 4) is 0 Å². The highest BCUT2D eigenvalue weighted by molar-refractivity contribution is 7.20. The highest BCUT2D eigenvalue weighted by atomic mass is 32.1. The molecule has 1 aliphatic rings. The Balaban J connectivity index is 1.49. The summed E-state index contributed by atoms with van der Waals surface area (Å²) in [7, 11) is 1.91. The highest BCUT2D eigenvalue weighted by Crippen LogP contribution is 2.27. The maximum absolute atomic E-state index is 12.4. The fraction of sp³-hybridized carbons (Fsp3) is 0.294. The van der Waals surface area contributed by atoms with Gasteiger partial charge >= 0.3 is 0 Å². The third-order valence-electron chi connectivity index (χ3n) is 4.27. The van der Waals surface area contributed by atoms with E-state index >= 15 is 0 Å². The second-order valence-electron chi connectivity index (χ2n) is 5.93. The number of fused-ring (bicyclic) bond motifs is 2. The molecule has 0 spiro atoms. The van der Waals surface area contributed by atoms with E-state index in [-0.39, 0.29) is 5.91 Å². The summed E-state index contributed by atoms with van der Waals surface area (Å²) >= 11 is 1.49. The molecule has 0 saturated heterocycles. The van der Waals surface area contributed by atoms with Gasteiger partial charge in [-0.25, -0.2) is 0 Å². The van der Waals surface area contributed by atoms with Crippen LogP contribution in [0.3, 0.4) is 0 Å². The van der Waals surface area contributed by atoms with E-state index in [0.29, 0.717) is 6.54 Å². The van der Waals surface area contributed by atoms with Gasteiger partial charge < -0.3 is 10.6 Å². The lowest BCUT2D eigenvalue weighted by Gasteiger charge is -2.06. The van der Waals surface area contributed by atoms with Crippen molar-refractivity contribution in [1.29, 1.82) is 0 Å². The molecule has 0 saturated carbocycles. The average molecular weight is 326 g/mol. The first kappa shape index (κ1) is 14.4. The topological polar surface area (TPSA) is 59.0 Å². The van der Waals surface area contributed by atoms with Gasteiger partial charge in [-0.15, -0.1) is 11.3 Å². The molecule has 5 nitrogen and oxygen atoms in total. The van der Waals surface area contributed by atoms with E-state index in [1.165, 1.54) is 22.5 Å². The van der Waals surface area contributed by atoms with E-state index in [0.717, 1.165) is 39.4 Å². The van der Waals surface area contributed by atoms with Crippen molar-refractivity contribution in [3.63, 3.8) is 0 Å². The fourth-order valence-electron chi connectivity index (χ4n) is 3.04. The van der Waals surface area contributed by atoms with Crippen molar-refractivity contribution in [1.82, 2.24) is 20.4 Å². The van der Waals surface area contributed by atoms with Crippen LogP contribution in [0.2, 0.25) is 0 Å². The molecule has 0 unspecified atom stereocenters. The van der Waals surface area contributed by atoms with Crippen molar-refractivity contribution in [2.24, 2.45) is 7.05 Å². The van der Waals surface area contributed by atoms with Crippen LogP contribution in [0.15, 0.2) is 24.3 Å². The second kappa shape index (κ2) is 5.47. The van der Waals surface area contributed by atoms with Crippen LogP contribution in [0.1, 0.15) is 32.1 Å². The predicted octanol–water partition coefficient (Wildman–Crippen LogP) is 2.48. The van der Waals surface area contributed by atoms with Crippen molar-refractivity contribution < 1.29 is 4.79 Å². The number of aryl methyl sites for hydroxylation is 2. The van der Waals surface area contributed by atoms with Crippen LogP contribution in [0.5, 0.6) is 0 Å². The minimum Gasteiger partial charge on any atom is -0.347 e. The van der Waals surface area contributed by atoms with E-state index in [1.54, 1.807) is 0 Å². The van der Waals surface area contributed by atoms with Crippen LogP contribution in [-0.4, -0.2) is 15.7 Å². The van der Waals surface area contributed by atoms with Gasteiger partial charge in [0.05, 0.1) is 10.6 Å². The van der Waals surface area contributed by atoms with Gasteiger partial charge in [-0.05, 0) is 29.7 Å². The number of amides is 1. The molecule has 2 N–H and O–H groups in total. The molecule has 23 heavy (non-hydrogen) atoms. The molecule has 118 valence electrons. The summed E-state index contributed by atoms with van der Waals surface area (Å²) in [5.41, 5.74) is 4.79. The number of thiophene rings is 1. The van der Waals surface area contributed by atoms with Crippen LogP contribution < -0.4 is 10.6 Å². The fourth-order valence-corrected chi connectivity index (χ4v) is 4.08. The summed E-state index contributed by atoms with van der Waals surface area (Å²) in [5, 5.41) is 11.8. The molecule has 4 rings (SSSR count). The summed E-state index contributed by atoms with van der Waals surface area (Å²) in [4.78, 5) is 14.2. The van der Waals surface area contributed by atoms with Gasteiger partial charge in [-0.1, -0.05) is 18.2 Å². The largest absolute Gasteiger partial charge is 0.347 e. The summed E-state index contributed by atoms with van der Waals surface area (Å²) in [6.07, 6.45) is 0. The van der Waals surface area contributed by atoms with Gasteiger partial charge in [-0.2, -0.15) is 5.10 Å². The van der Waals surface area contributed by atoms with Crippen LogP contribution >= 0.6 is 11.3 Å². The number of carbonyl (C=O) groups is 1. The number of carbonyl (C=O) groups excluding carboxylic acids is 1. The smallest absolute Gasteiger partial charge is 0.261 e. The van der Waals surface area contributed by atoms with E-state index in [1.807, 2.05) is 24.7 Å². The Morgan fingerprint density at radius 2 is 2.17 bits per heavy atom. The maximum atomic E-state index is 12.4. The second-order valence-corrected chi connectivity index (χ2v) is 6.96.